The number of thiazole rings is 1. The number of ether oxygens (including phenoxy) is 1. The van der Waals surface area contributed by atoms with Gasteiger partial charge in [0, 0.05) is 18.5 Å². The minimum atomic E-state index is -0.639. The molecular weight excluding hydrogens is 264 g/mol. The van der Waals surface area contributed by atoms with Crippen LogP contribution in [0.5, 0.6) is 0 Å². The molecule has 0 aromatic carbocycles. The van der Waals surface area contributed by atoms with Gasteiger partial charge in [-0.1, -0.05) is 0 Å². The fourth-order valence-electron chi connectivity index (χ4n) is 1.66. The first-order valence-electron chi connectivity index (χ1n) is 6.57. The van der Waals surface area contributed by atoms with Crippen LogP contribution in [0.1, 0.15) is 23.5 Å². The molecule has 1 aromatic rings. The lowest BCUT2D eigenvalue weighted by Gasteiger charge is -2.12. The molecule has 1 fully saturated rings. The highest BCUT2D eigenvalue weighted by Gasteiger charge is 2.21. The number of hydrogen-bond donors (Lipinski definition) is 2. The molecular formula is C13H20N2O3S. The average Bonchev–Trinajstić information content (AvgIpc) is 3.10. The molecule has 1 atom stereocenters. The third kappa shape index (κ3) is 5.67. The molecule has 106 valence electrons. The summed E-state index contributed by atoms with van der Waals surface area (Å²) in [6.07, 6.45) is 2.10. The van der Waals surface area contributed by atoms with E-state index in [-0.39, 0.29) is 25.5 Å². The molecule has 1 aliphatic carbocycles. The number of aryl methyl sites for hydroxylation is 1. The Bertz CT molecular complexity index is 418. The van der Waals surface area contributed by atoms with Gasteiger partial charge in [-0.05, 0) is 25.7 Å². The molecule has 1 amide bonds. The Balaban J connectivity index is 1.56. The zero-order valence-electron chi connectivity index (χ0n) is 11.1. The largest absolute Gasteiger partial charge is 0.389 e. The van der Waals surface area contributed by atoms with Crippen LogP contribution in [0.3, 0.4) is 0 Å². The van der Waals surface area contributed by atoms with E-state index in [9.17, 15) is 9.90 Å². The van der Waals surface area contributed by atoms with Crippen molar-refractivity contribution in [2.24, 2.45) is 5.92 Å². The van der Waals surface area contributed by atoms with E-state index in [1.807, 2.05) is 12.3 Å². The van der Waals surface area contributed by atoms with E-state index in [1.54, 1.807) is 0 Å². The summed E-state index contributed by atoms with van der Waals surface area (Å²) in [6.45, 7) is 3.15. The van der Waals surface area contributed by atoms with Crippen LogP contribution in [0.15, 0.2) is 5.38 Å². The van der Waals surface area contributed by atoms with Crippen LogP contribution in [-0.4, -0.2) is 41.9 Å². The average molecular weight is 284 g/mol. The minimum absolute atomic E-state index is 0.119. The smallest absolute Gasteiger partial charge is 0.226 e. The van der Waals surface area contributed by atoms with Crippen LogP contribution < -0.4 is 5.32 Å². The van der Waals surface area contributed by atoms with Crippen LogP contribution in [-0.2, 0) is 16.0 Å². The minimum Gasteiger partial charge on any atom is -0.389 e. The highest BCUT2D eigenvalue weighted by atomic mass is 32.1. The van der Waals surface area contributed by atoms with Gasteiger partial charge in [0.25, 0.3) is 0 Å². The van der Waals surface area contributed by atoms with Crippen molar-refractivity contribution in [2.75, 3.05) is 19.8 Å². The zero-order chi connectivity index (χ0) is 13.7. The molecule has 2 rings (SSSR count). The number of carbonyl (C=O) groups is 1. The lowest BCUT2D eigenvalue weighted by atomic mass is 10.3. The summed E-state index contributed by atoms with van der Waals surface area (Å²) in [7, 11) is 0. The Kier molecular flexibility index (Phi) is 5.30. The molecule has 0 spiro atoms. The Morgan fingerprint density at radius 1 is 1.68 bits per heavy atom. The van der Waals surface area contributed by atoms with Crippen molar-refractivity contribution >= 4 is 17.2 Å². The zero-order valence-corrected chi connectivity index (χ0v) is 11.9. The van der Waals surface area contributed by atoms with Crippen LogP contribution in [0.2, 0.25) is 0 Å². The molecule has 19 heavy (non-hydrogen) atoms. The van der Waals surface area contributed by atoms with E-state index in [4.69, 9.17) is 4.74 Å². The molecule has 2 N–H and O–H groups in total. The first kappa shape index (κ1) is 14.4. The number of nitrogens with zero attached hydrogens (tertiary/aromatic N) is 1. The van der Waals surface area contributed by atoms with Gasteiger partial charge in [-0.25, -0.2) is 4.98 Å². The van der Waals surface area contributed by atoms with E-state index < -0.39 is 6.10 Å². The molecule has 1 aliphatic rings. The first-order valence-corrected chi connectivity index (χ1v) is 7.45. The van der Waals surface area contributed by atoms with E-state index in [0.29, 0.717) is 5.92 Å². The number of nitrogens with one attached hydrogen (secondary N) is 1. The number of aliphatic hydroxyl groups is 1. The quantitative estimate of drug-likeness (QED) is 0.744. The van der Waals surface area contributed by atoms with Crippen molar-refractivity contribution in [1.29, 1.82) is 0 Å². The van der Waals surface area contributed by atoms with Crippen molar-refractivity contribution in [3.8, 4) is 0 Å². The third-order valence-corrected chi connectivity index (χ3v) is 3.73. The standard InChI is InChI=1S/C13H20N2O3S/c1-9-15-11(8-19-9)4-13(17)14-5-12(16)7-18-6-10-2-3-10/h8,10,12,16H,2-7H2,1H3,(H,14,17). The molecule has 1 saturated carbocycles. The third-order valence-electron chi connectivity index (χ3n) is 2.90. The van der Waals surface area contributed by atoms with Crippen molar-refractivity contribution in [1.82, 2.24) is 10.3 Å². The summed E-state index contributed by atoms with van der Waals surface area (Å²) in [6, 6.07) is 0. The molecule has 0 bridgehead atoms. The second kappa shape index (κ2) is 6.98. The number of rotatable bonds is 8. The lowest BCUT2D eigenvalue weighted by molar-refractivity contribution is -0.121. The maximum atomic E-state index is 11.6. The number of aromatic nitrogens is 1. The summed E-state index contributed by atoms with van der Waals surface area (Å²) in [5.74, 6) is 0.571. The predicted molar refractivity (Wildman–Crippen MR) is 73.1 cm³/mol. The van der Waals surface area contributed by atoms with Crippen LogP contribution in [0.4, 0.5) is 0 Å². The van der Waals surface area contributed by atoms with Crippen LogP contribution in [0, 0.1) is 12.8 Å². The van der Waals surface area contributed by atoms with E-state index >= 15 is 0 Å². The van der Waals surface area contributed by atoms with E-state index in [0.717, 1.165) is 17.3 Å². The second-order valence-corrected chi connectivity index (χ2v) is 6.04. The molecule has 1 unspecified atom stereocenters. The van der Waals surface area contributed by atoms with E-state index in [1.165, 1.54) is 24.2 Å². The van der Waals surface area contributed by atoms with Gasteiger partial charge in [0.1, 0.15) is 0 Å². The number of carbonyl (C=O) groups excluding carboxylic acids is 1. The molecule has 1 aromatic heterocycles. The molecule has 5 nitrogen and oxygen atoms in total. The fourth-order valence-corrected chi connectivity index (χ4v) is 2.27. The normalized spacial score (nSPS) is 16.3. The summed E-state index contributed by atoms with van der Waals surface area (Å²) in [4.78, 5) is 15.8. The molecule has 6 heteroatoms. The van der Waals surface area contributed by atoms with Gasteiger partial charge < -0.3 is 15.2 Å². The summed E-state index contributed by atoms with van der Waals surface area (Å²) in [5.41, 5.74) is 0.777. The fraction of sp³-hybridized carbons (Fsp3) is 0.692. The Morgan fingerprint density at radius 2 is 2.47 bits per heavy atom. The van der Waals surface area contributed by atoms with Crippen molar-refractivity contribution in [2.45, 2.75) is 32.3 Å². The summed E-state index contributed by atoms with van der Waals surface area (Å²) < 4.78 is 5.36. The first-order chi connectivity index (χ1) is 9.13. The Hall–Kier alpha value is -0.980. The number of hydrogen-bond acceptors (Lipinski definition) is 5. The van der Waals surface area contributed by atoms with Gasteiger partial charge >= 0.3 is 0 Å². The molecule has 1 heterocycles. The van der Waals surface area contributed by atoms with Gasteiger partial charge in [0.15, 0.2) is 0 Å². The molecule has 0 saturated heterocycles. The topological polar surface area (TPSA) is 71.5 Å². The second-order valence-electron chi connectivity index (χ2n) is 4.97. The summed E-state index contributed by atoms with van der Waals surface area (Å²) >= 11 is 1.53. The van der Waals surface area contributed by atoms with Gasteiger partial charge in [0.05, 0.1) is 29.8 Å². The molecule has 0 aliphatic heterocycles. The maximum absolute atomic E-state index is 11.6. The van der Waals surface area contributed by atoms with Crippen molar-refractivity contribution in [3.63, 3.8) is 0 Å². The highest BCUT2D eigenvalue weighted by molar-refractivity contribution is 7.09. The van der Waals surface area contributed by atoms with Gasteiger partial charge in [-0.2, -0.15) is 0 Å². The van der Waals surface area contributed by atoms with Crippen LogP contribution in [0.25, 0.3) is 0 Å². The van der Waals surface area contributed by atoms with Crippen molar-refractivity contribution in [3.05, 3.63) is 16.1 Å². The SMILES string of the molecule is Cc1nc(CC(=O)NCC(O)COCC2CC2)cs1. The van der Waals surface area contributed by atoms with Crippen molar-refractivity contribution < 1.29 is 14.6 Å². The van der Waals surface area contributed by atoms with Gasteiger partial charge in [0.2, 0.25) is 5.91 Å². The Morgan fingerprint density at radius 3 is 3.11 bits per heavy atom. The van der Waals surface area contributed by atoms with Gasteiger partial charge in [-0.15, -0.1) is 11.3 Å². The number of aliphatic hydroxyl groups excluding tert-OH is 1. The highest BCUT2D eigenvalue weighted by Crippen LogP contribution is 2.28. The molecule has 0 radical (unpaired) electrons. The van der Waals surface area contributed by atoms with E-state index in [2.05, 4.69) is 10.3 Å². The maximum Gasteiger partial charge on any atom is 0.226 e. The van der Waals surface area contributed by atoms with Gasteiger partial charge in [-0.3, -0.25) is 4.79 Å². The lowest BCUT2D eigenvalue weighted by Crippen LogP contribution is -2.35. The van der Waals surface area contributed by atoms with Crippen LogP contribution >= 0.6 is 11.3 Å². The summed E-state index contributed by atoms with van der Waals surface area (Å²) in [5, 5.41) is 15.2. The number of amides is 1. The predicted octanol–water partition coefficient (Wildman–Crippen LogP) is 0.898. The Labute approximate surface area is 117 Å². The monoisotopic (exact) mass is 284 g/mol.